The van der Waals surface area contributed by atoms with Gasteiger partial charge in [-0.25, -0.2) is 9.98 Å². The molecule has 8 aromatic carbocycles. The van der Waals surface area contributed by atoms with E-state index in [-0.39, 0.29) is 6.04 Å². The van der Waals surface area contributed by atoms with Gasteiger partial charge in [0.1, 0.15) is 17.0 Å². The first-order chi connectivity index (χ1) is 28.2. The minimum atomic E-state index is -0.102. The highest BCUT2D eigenvalue weighted by Gasteiger charge is 2.24. The first-order valence-electron chi connectivity index (χ1n) is 19.4. The molecule has 4 nitrogen and oxygen atoms in total. The van der Waals surface area contributed by atoms with Crippen LogP contribution in [0.15, 0.2) is 210 Å². The largest absolute Gasteiger partial charge is 0.456 e. The zero-order valence-electron chi connectivity index (χ0n) is 30.9. The second kappa shape index (κ2) is 13.6. The van der Waals surface area contributed by atoms with E-state index in [0.29, 0.717) is 0 Å². The van der Waals surface area contributed by atoms with Crippen LogP contribution in [0.3, 0.4) is 0 Å². The number of amidine groups is 1. The van der Waals surface area contributed by atoms with Gasteiger partial charge in [0.05, 0.1) is 22.9 Å². The third kappa shape index (κ3) is 5.78. The summed E-state index contributed by atoms with van der Waals surface area (Å²) in [5.41, 5.74) is 13.4. The van der Waals surface area contributed by atoms with Crippen LogP contribution in [0.4, 0.5) is 0 Å². The van der Waals surface area contributed by atoms with Crippen LogP contribution >= 0.6 is 0 Å². The molecule has 0 bridgehead atoms. The summed E-state index contributed by atoms with van der Waals surface area (Å²) in [5, 5.41) is 9.34. The molecule has 57 heavy (non-hydrogen) atoms. The molecule has 1 aliphatic heterocycles. The maximum absolute atomic E-state index is 6.63. The number of hydrogen-bond acceptors (Lipinski definition) is 4. The molecule has 268 valence electrons. The average Bonchev–Trinajstić information content (AvgIpc) is 3.67. The smallest absolute Gasteiger partial charge is 0.136 e. The van der Waals surface area contributed by atoms with Crippen LogP contribution in [0.2, 0.25) is 0 Å². The van der Waals surface area contributed by atoms with Gasteiger partial charge in [-0.05, 0) is 64.2 Å². The molecule has 2 aromatic heterocycles. The second-order valence-corrected chi connectivity index (χ2v) is 14.6. The van der Waals surface area contributed by atoms with Crippen LogP contribution < -0.4 is 5.32 Å². The van der Waals surface area contributed by atoms with E-state index in [1.165, 1.54) is 16.7 Å². The number of fused-ring (bicyclic) bond motifs is 6. The fourth-order valence-electron chi connectivity index (χ4n) is 8.42. The van der Waals surface area contributed by atoms with Crippen LogP contribution in [-0.2, 0) is 0 Å². The molecule has 0 fully saturated rings. The molecule has 10 aromatic rings. The summed E-state index contributed by atoms with van der Waals surface area (Å²) in [6.45, 7) is 0. The number of pyridine rings is 1. The van der Waals surface area contributed by atoms with Crippen LogP contribution in [0.1, 0.15) is 22.7 Å². The fraction of sp³-hybridized carbons (Fsp3) is 0.0189. The van der Waals surface area contributed by atoms with E-state index >= 15 is 0 Å². The maximum atomic E-state index is 6.63. The van der Waals surface area contributed by atoms with Crippen LogP contribution in [0.25, 0.3) is 82.8 Å². The summed E-state index contributed by atoms with van der Waals surface area (Å²) in [6.07, 6.45) is 2.23. The zero-order chi connectivity index (χ0) is 37.7. The van der Waals surface area contributed by atoms with Gasteiger partial charge < -0.3 is 9.73 Å². The van der Waals surface area contributed by atoms with Crippen molar-refractivity contribution in [2.75, 3.05) is 0 Å². The van der Waals surface area contributed by atoms with Crippen molar-refractivity contribution < 1.29 is 4.42 Å². The predicted molar refractivity (Wildman–Crippen MR) is 236 cm³/mol. The summed E-state index contributed by atoms with van der Waals surface area (Å²) in [6, 6.07) is 68.0. The normalized spacial score (nSPS) is 14.1. The van der Waals surface area contributed by atoms with Crippen molar-refractivity contribution in [1.29, 1.82) is 0 Å². The molecule has 0 saturated heterocycles. The van der Waals surface area contributed by atoms with Crippen molar-refractivity contribution in [3.8, 4) is 33.5 Å². The minimum Gasteiger partial charge on any atom is -0.456 e. The molecular weight excluding hydrogens is 695 g/mol. The molecule has 0 spiro atoms. The molecule has 4 heteroatoms. The van der Waals surface area contributed by atoms with Crippen LogP contribution in [0, 0.1) is 0 Å². The summed E-state index contributed by atoms with van der Waals surface area (Å²) in [7, 11) is 0. The fourth-order valence-corrected chi connectivity index (χ4v) is 8.42. The number of nitrogens with one attached hydrogen (secondary N) is 1. The van der Waals surface area contributed by atoms with Gasteiger partial charge in [-0.1, -0.05) is 164 Å². The van der Waals surface area contributed by atoms with Gasteiger partial charge >= 0.3 is 0 Å². The summed E-state index contributed by atoms with van der Waals surface area (Å²) in [4.78, 5) is 10.7. The number of para-hydroxylation sites is 2. The van der Waals surface area contributed by atoms with E-state index in [1.807, 2.05) is 12.1 Å². The van der Waals surface area contributed by atoms with E-state index in [9.17, 15) is 0 Å². The third-order valence-corrected chi connectivity index (χ3v) is 11.1. The highest BCUT2D eigenvalue weighted by Crippen LogP contribution is 2.46. The molecule has 0 saturated carbocycles. The van der Waals surface area contributed by atoms with E-state index in [2.05, 4.69) is 193 Å². The Bertz CT molecular complexity index is 3200. The molecule has 1 aliphatic rings. The SMILES string of the molecule is C1=C(c2ccccc2)N=C(c2cccc(-c3nc4ccccc4c4c(-c5ccccc5)c5c(cc34)oc3ccccc35)c2)NC1c1cccc(-c2ccccc2)c1. The van der Waals surface area contributed by atoms with Gasteiger partial charge in [-0.2, -0.15) is 0 Å². The Labute approximate surface area is 330 Å². The van der Waals surface area contributed by atoms with Gasteiger partial charge in [-0.3, -0.25) is 0 Å². The van der Waals surface area contributed by atoms with Gasteiger partial charge in [-0.15, -0.1) is 0 Å². The molecule has 1 N–H and O–H groups in total. The Morgan fingerprint density at radius 2 is 1.07 bits per heavy atom. The van der Waals surface area contributed by atoms with Gasteiger partial charge in [0.15, 0.2) is 0 Å². The lowest BCUT2D eigenvalue weighted by Crippen LogP contribution is -2.31. The number of rotatable bonds is 6. The van der Waals surface area contributed by atoms with Crippen molar-refractivity contribution in [3.63, 3.8) is 0 Å². The highest BCUT2D eigenvalue weighted by atomic mass is 16.3. The average molecular weight is 730 g/mol. The molecule has 1 atom stereocenters. The van der Waals surface area contributed by atoms with Crippen molar-refractivity contribution in [1.82, 2.24) is 10.3 Å². The minimum absolute atomic E-state index is 0.102. The summed E-state index contributed by atoms with van der Waals surface area (Å²) >= 11 is 0. The first kappa shape index (κ1) is 32.8. The number of aromatic nitrogens is 1. The number of furan rings is 1. The van der Waals surface area contributed by atoms with Crippen LogP contribution in [0.5, 0.6) is 0 Å². The van der Waals surface area contributed by atoms with Crippen molar-refractivity contribution in [3.05, 3.63) is 217 Å². The van der Waals surface area contributed by atoms with Crippen molar-refractivity contribution in [2.45, 2.75) is 6.04 Å². The molecule has 0 aliphatic carbocycles. The van der Waals surface area contributed by atoms with Gasteiger partial charge in [0, 0.05) is 43.6 Å². The lowest BCUT2D eigenvalue weighted by molar-refractivity contribution is 0.669. The first-order valence-corrected chi connectivity index (χ1v) is 19.4. The number of benzene rings is 8. The Balaban J connectivity index is 1.10. The van der Waals surface area contributed by atoms with E-state index < -0.39 is 0 Å². The third-order valence-electron chi connectivity index (χ3n) is 11.1. The zero-order valence-corrected chi connectivity index (χ0v) is 30.9. The molecule has 1 unspecified atom stereocenters. The van der Waals surface area contributed by atoms with Crippen LogP contribution in [-0.4, -0.2) is 10.8 Å². The van der Waals surface area contributed by atoms with E-state index in [1.54, 1.807) is 0 Å². The number of nitrogens with zero attached hydrogens (tertiary/aromatic N) is 2. The molecule has 11 rings (SSSR count). The summed E-state index contributed by atoms with van der Waals surface area (Å²) in [5.74, 6) is 0.808. The topological polar surface area (TPSA) is 50.4 Å². The lowest BCUT2D eigenvalue weighted by atomic mass is 9.89. The van der Waals surface area contributed by atoms with Gasteiger partial charge in [0.2, 0.25) is 0 Å². The van der Waals surface area contributed by atoms with E-state index in [0.717, 1.165) is 88.7 Å². The van der Waals surface area contributed by atoms with E-state index in [4.69, 9.17) is 14.4 Å². The predicted octanol–water partition coefficient (Wildman–Crippen LogP) is 13.4. The molecule has 3 heterocycles. The standard InChI is InChI=1S/C53H35N3O/c1-4-16-34(17-5-1)37-22-14-23-38(30-37)46-33-45(35-18-6-2-7-19-35)55-53(56-46)40-25-15-24-39(31-40)52-43-32-48-51(42-27-11-13-29-47(42)57-48)49(36-20-8-3-9-21-36)50(43)41-26-10-12-28-44(41)54-52/h1-33,46H,(H,55,56). The van der Waals surface area contributed by atoms with Crippen molar-refractivity contribution in [2.24, 2.45) is 4.99 Å². The summed E-state index contributed by atoms with van der Waals surface area (Å²) < 4.78 is 6.63. The quantitative estimate of drug-likeness (QED) is 0.173. The second-order valence-electron chi connectivity index (χ2n) is 14.6. The Kier molecular flexibility index (Phi) is 7.85. The lowest BCUT2D eigenvalue weighted by Gasteiger charge is -2.25. The molecule has 0 amide bonds. The van der Waals surface area contributed by atoms with Gasteiger partial charge in [0.25, 0.3) is 0 Å². The van der Waals surface area contributed by atoms with Crippen molar-refractivity contribution >= 4 is 55.1 Å². The molecule has 0 radical (unpaired) electrons. The highest BCUT2D eigenvalue weighted by molar-refractivity contribution is 6.27. The Hall–Kier alpha value is -7.56. The maximum Gasteiger partial charge on any atom is 0.136 e. The monoisotopic (exact) mass is 729 g/mol. The number of aliphatic imine (C=N–C) groups is 1. The molecular formula is C53H35N3O. The Morgan fingerprint density at radius 3 is 1.88 bits per heavy atom. The number of hydrogen-bond donors (Lipinski definition) is 1. The Morgan fingerprint density at radius 1 is 0.439 bits per heavy atom.